The van der Waals surface area contributed by atoms with Gasteiger partial charge >= 0.3 is 5.97 Å². The molecule has 0 aromatic carbocycles. The Labute approximate surface area is 132 Å². The van der Waals surface area contributed by atoms with E-state index in [4.69, 9.17) is 11.2 Å². The fourth-order valence-electron chi connectivity index (χ4n) is 1.91. The predicted molar refractivity (Wildman–Crippen MR) is 80.1 cm³/mol. The third kappa shape index (κ3) is 6.01. The molecule has 0 spiro atoms. The lowest BCUT2D eigenvalue weighted by molar-refractivity contribution is -0.138. The van der Waals surface area contributed by atoms with E-state index in [1.54, 1.807) is 0 Å². The molecular weight excluding hydrogens is 288 g/mol. The topological polar surface area (TPSA) is 108 Å². The summed E-state index contributed by atoms with van der Waals surface area (Å²) in [5.74, 6) is -2.16. The van der Waals surface area contributed by atoms with Crippen LogP contribution in [-0.2, 0) is 19.1 Å². The molecule has 0 radical (unpaired) electrons. The second kappa shape index (κ2) is 8.12. The standard InChI is InChI=1S/C15H26N2O5/c1-8(2)5-6-16-13(18)10(7-9(3)4)17-14(19)11-12(22-11)15(20)21/h8-12H,5-7H2,1-4H3,(H,16,18)(H,17,19)(H,20,21)/t10-,11+,12+/m1/s1/i10D. The van der Waals surface area contributed by atoms with Crippen LogP contribution in [0.2, 0.25) is 0 Å². The van der Waals surface area contributed by atoms with Crippen LogP contribution in [0.5, 0.6) is 0 Å². The van der Waals surface area contributed by atoms with Crippen LogP contribution < -0.4 is 10.6 Å². The van der Waals surface area contributed by atoms with Crippen LogP contribution in [0.25, 0.3) is 0 Å². The molecule has 0 aromatic heterocycles. The van der Waals surface area contributed by atoms with Crippen molar-refractivity contribution >= 4 is 17.8 Å². The molecule has 1 heterocycles. The third-order valence-corrected chi connectivity index (χ3v) is 3.16. The Kier molecular flexibility index (Phi) is 6.18. The number of hydrogen-bond acceptors (Lipinski definition) is 4. The second-order valence-corrected chi connectivity index (χ2v) is 6.32. The first kappa shape index (κ1) is 16.7. The number of epoxide rings is 1. The molecule has 0 saturated carbocycles. The van der Waals surface area contributed by atoms with E-state index >= 15 is 0 Å². The van der Waals surface area contributed by atoms with E-state index in [1.165, 1.54) is 0 Å². The summed E-state index contributed by atoms with van der Waals surface area (Å²) in [6.45, 7) is 8.14. The van der Waals surface area contributed by atoms with Crippen molar-refractivity contribution in [2.75, 3.05) is 6.54 Å². The van der Waals surface area contributed by atoms with Crippen LogP contribution in [0.15, 0.2) is 0 Å². The Balaban J connectivity index is 2.68. The van der Waals surface area contributed by atoms with Gasteiger partial charge in [-0.1, -0.05) is 27.7 Å². The van der Waals surface area contributed by atoms with Gasteiger partial charge in [0.25, 0.3) is 5.91 Å². The minimum absolute atomic E-state index is 0.000888. The number of nitrogens with one attached hydrogen (secondary N) is 2. The fraction of sp³-hybridized carbons (Fsp3) is 0.800. The summed E-state index contributed by atoms with van der Waals surface area (Å²) in [5.41, 5.74) is 0. The zero-order valence-electron chi connectivity index (χ0n) is 14.5. The van der Waals surface area contributed by atoms with Crippen LogP contribution in [-0.4, -0.2) is 47.7 Å². The first-order valence-corrected chi connectivity index (χ1v) is 7.55. The van der Waals surface area contributed by atoms with Crippen LogP contribution in [0.1, 0.15) is 41.9 Å². The molecule has 1 rings (SSSR count). The van der Waals surface area contributed by atoms with Crippen molar-refractivity contribution in [2.24, 2.45) is 11.8 Å². The lowest BCUT2D eigenvalue weighted by Gasteiger charge is -2.20. The van der Waals surface area contributed by atoms with Crippen LogP contribution in [0.4, 0.5) is 0 Å². The van der Waals surface area contributed by atoms with Crippen LogP contribution in [0.3, 0.4) is 0 Å². The molecule has 2 amide bonds. The Morgan fingerprint density at radius 3 is 2.27 bits per heavy atom. The molecule has 3 atom stereocenters. The molecular formula is C15H26N2O5. The van der Waals surface area contributed by atoms with Crippen molar-refractivity contribution in [1.29, 1.82) is 0 Å². The third-order valence-electron chi connectivity index (χ3n) is 3.16. The monoisotopic (exact) mass is 315 g/mol. The molecule has 126 valence electrons. The molecule has 1 fully saturated rings. The number of amides is 2. The average molecular weight is 315 g/mol. The van der Waals surface area contributed by atoms with Gasteiger partial charge in [-0.05, 0) is 24.7 Å². The van der Waals surface area contributed by atoms with Gasteiger partial charge in [-0.2, -0.15) is 0 Å². The van der Waals surface area contributed by atoms with E-state index in [1.807, 2.05) is 27.7 Å². The first-order valence-electron chi connectivity index (χ1n) is 8.05. The molecule has 1 aliphatic rings. The minimum atomic E-state index is -1.84. The maximum Gasteiger partial charge on any atom is 0.336 e. The van der Waals surface area contributed by atoms with E-state index in [0.717, 1.165) is 6.42 Å². The number of carbonyl (C=O) groups excluding carboxylic acids is 2. The number of carbonyl (C=O) groups is 3. The smallest absolute Gasteiger partial charge is 0.336 e. The first-order chi connectivity index (χ1) is 10.6. The second-order valence-electron chi connectivity index (χ2n) is 6.32. The molecule has 7 heteroatoms. The highest BCUT2D eigenvalue weighted by Crippen LogP contribution is 2.22. The van der Waals surface area contributed by atoms with Crippen molar-refractivity contribution in [3.8, 4) is 0 Å². The highest BCUT2D eigenvalue weighted by molar-refractivity contribution is 5.95. The summed E-state index contributed by atoms with van der Waals surface area (Å²) >= 11 is 0. The summed E-state index contributed by atoms with van der Waals surface area (Å²) in [6, 6.07) is -1.84. The van der Waals surface area contributed by atoms with Gasteiger partial charge in [-0.15, -0.1) is 0 Å². The zero-order chi connectivity index (χ0) is 17.8. The van der Waals surface area contributed by atoms with Gasteiger partial charge in [0.2, 0.25) is 5.91 Å². The van der Waals surface area contributed by atoms with E-state index in [0.29, 0.717) is 12.5 Å². The highest BCUT2D eigenvalue weighted by atomic mass is 16.6. The molecule has 0 unspecified atom stereocenters. The molecule has 1 aliphatic heterocycles. The van der Waals surface area contributed by atoms with Crippen molar-refractivity contribution in [2.45, 2.75) is 58.8 Å². The number of aliphatic carboxylic acids is 1. The molecule has 1 saturated heterocycles. The number of carboxylic acid groups (broad SMARTS) is 1. The SMILES string of the molecule is [2H][C@](CC(C)C)(NC(=O)[C@H]1O[C@@H]1C(=O)O)C(=O)NCCC(C)C. The maximum absolute atomic E-state index is 12.3. The van der Waals surface area contributed by atoms with Crippen LogP contribution in [0, 0.1) is 11.8 Å². The maximum atomic E-state index is 12.3. The fourth-order valence-corrected chi connectivity index (χ4v) is 1.91. The Morgan fingerprint density at radius 1 is 1.18 bits per heavy atom. The van der Waals surface area contributed by atoms with Crippen LogP contribution >= 0.6 is 0 Å². The summed E-state index contributed by atoms with van der Waals surface area (Å²) in [6.07, 6.45) is -1.43. The van der Waals surface area contributed by atoms with E-state index < -0.39 is 36.0 Å². The number of rotatable bonds is 9. The molecule has 3 N–H and O–H groups in total. The lowest BCUT2D eigenvalue weighted by Crippen LogP contribution is -2.49. The lowest BCUT2D eigenvalue weighted by atomic mass is 10.0. The highest BCUT2D eigenvalue weighted by Gasteiger charge is 2.51. The minimum Gasteiger partial charge on any atom is -0.479 e. The molecule has 22 heavy (non-hydrogen) atoms. The average Bonchev–Trinajstić information content (AvgIpc) is 3.17. The normalized spacial score (nSPS) is 23.6. The molecule has 0 bridgehead atoms. The summed E-state index contributed by atoms with van der Waals surface area (Å²) < 4.78 is 13.1. The Bertz CT molecular complexity index is 469. The number of ether oxygens (including phenoxy) is 1. The van der Waals surface area contributed by atoms with Gasteiger partial charge < -0.3 is 20.5 Å². The predicted octanol–water partition coefficient (Wildman–Crippen LogP) is 0.532. The van der Waals surface area contributed by atoms with Gasteiger partial charge in [0.15, 0.2) is 12.2 Å². The van der Waals surface area contributed by atoms with E-state index in [9.17, 15) is 14.4 Å². The van der Waals surface area contributed by atoms with Crippen molar-refractivity contribution in [1.82, 2.24) is 10.6 Å². The van der Waals surface area contributed by atoms with Gasteiger partial charge in [0.1, 0.15) is 6.02 Å². The molecule has 0 aliphatic carbocycles. The molecule has 7 nitrogen and oxygen atoms in total. The quantitative estimate of drug-likeness (QED) is 0.538. The number of carboxylic acids is 1. The van der Waals surface area contributed by atoms with E-state index in [2.05, 4.69) is 10.6 Å². The Morgan fingerprint density at radius 2 is 1.82 bits per heavy atom. The Hall–Kier alpha value is -1.63. The summed E-state index contributed by atoms with van der Waals surface area (Å²) in [7, 11) is 0. The van der Waals surface area contributed by atoms with E-state index in [-0.39, 0.29) is 12.3 Å². The van der Waals surface area contributed by atoms with Gasteiger partial charge in [0, 0.05) is 6.54 Å². The summed E-state index contributed by atoms with van der Waals surface area (Å²) in [5, 5.41) is 13.8. The van der Waals surface area contributed by atoms with Crippen molar-refractivity contribution in [3.63, 3.8) is 0 Å². The summed E-state index contributed by atoms with van der Waals surface area (Å²) in [4.78, 5) is 35.0. The zero-order valence-corrected chi connectivity index (χ0v) is 13.5. The van der Waals surface area contributed by atoms with Gasteiger partial charge in [-0.3, -0.25) is 9.59 Å². The largest absolute Gasteiger partial charge is 0.479 e. The van der Waals surface area contributed by atoms with Gasteiger partial charge in [0.05, 0.1) is 1.37 Å². The molecule has 0 aromatic rings. The van der Waals surface area contributed by atoms with Crippen molar-refractivity contribution < 1.29 is 25.6 Å². The number of hydrogen-bond donors (Lipinski definition) is 3. The van der Waals surface area contributed by atoms with Crippen molar-refractivity contribution in [3.05, 3.63) is 0 Å². The van der Waals surface area contributed by atoms with Gasteiger partial charge in [-0.25, -0.2) is 4.79 Å².